The van der Waals surface area contributed by atoms with Gasteiger partial charge in [-0.2, -0.15) is 15.0 Å². The molecule has 0 bridgehead atoms. The highest BCUT2D eigenvalue weighted by Gasteiger charge is 2.18. The number of nitrogens with two attached hydrogens (primary N) is 1. The van der Waals surface area contributed by atoms with E-state index in [0.717, 1.165) is 45.4 Å². The topological polar surface area (TPSA) is 120 Å². The molecule has 1 aliphatic rings. The summed E-state index contributed by atoms with van der Waals surface area (Å²) in [4.78, 5) is 16.3. The molecule has 2 heterocycles. The predicted molar refractivity (Wildman–Crippen MR) is 139 cm³/mol. The Morgan fingerprint density at radius 1 is 1.03 bits per heavy atom. The monoisotopic (exact) mass is 487 g/mol. The van der Waals surface area contributed by atoms with Crippen molar-refractivity contribution in [1.29, 1.82) is 0 Å². The van der Waals surface area contributed by atoms with Crippen LogP contribution in [0.3, 0.4) is 0 Å². The molecule has 35 heavy (non-hydrogen) atoms. The Balaban J connectivity index is 1.66. The van der Waals surface area contributed by atoms with E-state index in [1.54, 1.807) is 0 Å². The van der Waals surface area contributed by atoms with Crippen molar-refractivity contribution in [2.24, 2.45) is 5.73 Å². The zero-order chi connectivity index (χ0) is 24.6. The van der Waals surface area contributed by atoms with Crippen LogP contribution in [0.2, 0.25) is 0 Å². The molecule has 1 aliphatic heterocycles. The zero-order valence-electron chi connectivity index (χ0n) is 21.0. The SMILES string of the molecule is CCCCN(Cc1ccccc1)c1nc(NCCOCCOCCN)nc(NCC2CCCO2)n1. The van der Waals surface area contributed by atoms with E-state index in [1.807, 2.05) is 6.07 Å². The van der Waals surface area contributed by atoms with Crippen LogP contribution >= 0.6 is 0 Å². The molecule has 3 rings (SSSR count). The van der Waals surface area contributed by atoms with Crippen molar-refractivity contribution in [3.63, 3.8) is 0 Å². The normalized spacial score (nSPS) is 15.3. The fourth-order valence-electron chi connectivity index (χ4n) is 3.72. The van der Waals surface area contributed by atoms with E-state index in [2.05, 4.69) is 51.7 Å². The van der Waals surface area contributed by atoms with Gasteiger partial charge in [0.05, 0.1) is 32.5 Å². The molecular formula is C25H41N7O3. The van der Waals surface area contributed by atoms with Gasteiger partial charge in [-0.25, -0.2) is 0 Å². The van der Waals surface area contributed by atoms with Crippen LogP contribution in [0.5, 0.6) is 0 Å². The van der Waals surface area contributed by atoms with Gasteiger partial charge in [-0.1, -0.05) is 43.7 Å². The van der Waals surface area contributed by atoms with Crippen molar-refractivity contribution in [1.82, 2.24) is 15.0 Å². The highest BCUT2D eigenvalue weighted by molar-refractivity contribution is 5.44. The van der Waals surface area contributed by atoms with Gasteiger partial charge in [0.15, 0.2) is 0 Å². The van der Waals surface area contributed by atoms with Crippen molar-refractivity contribution in [3.8, 4) is 0 Å². The molecule has 2 aromatic rings. The average molecular weight is 488 g/mol. The predicted octanol–water partition coefficient (Wildman–Crippen LogP) is 2.67. The van der Waals surface area contributed by atoms with Gasteiger partial charge in [-0.15, -0.1) is 0 Å². The molecule has 10 nitrogen and oxygen atoms in total. The van der Waals surface area contributed by atoms with Gasteiger partial charge in [0.2, 0.25) is 17.8 Å². The van der Waals surface area contributed by atoms with E-state index in [9.17, 15) is 0 Å². The van der Waals surface area contributed by atoms with Crippen molar-refractivity contribution < 1.29 is 14.2 Å². The second-order valence-electron chi connectivity index (χ2n) is 8.50. The van der Waals surface area contributed by atoms with E-state index in [0.29, 0.717) is 63.9 Å². The Bertz CT molecular complexity index is 822. The number of nitrogens with one attached hydrogen (secondary N) is 2. The first-order valence-electron chi connectivity index (χ1n) is 12.8. The van der Waals surface area contributed by atoms with E-state index < -0.39 is 0 Å². The highest BCUT2D eigenvalue weighted by Crippen LogP contribution is 2.19. The average Bonchev–Trinajstić information content (AvgIpc) is 3.41. The van der Waals surface area contributed by atoms with Gasteiger partial charge < -0.3 is 35.5 Å². The minimum atomic E-state index is 0.196. The molecule has 4 N–H and O–H groups in total. The number of benzene rings is 1. The molecule has 1 atom stereocenters. The molecule has 0 aliphatic carbocycles. The van der Waals surface area contributed by atoms with E-state index >= 15 is 0 Å². The number of anilines is 3. The maximum absolute atomic E-state index is 5.75. The van der Waals surface area contributed by atoms with Gasteiger partial charge >= 0.3 is 0 Å². The molecule has 1 aromatic carbocycles. The number of hydrogen-bond donors (Lipinski definition) is 3. The Hall–Kier alpha value is -2.53. The first-order chi connectivity index (χ1) is 17.3. The van der Waals surface area contributed by atoms with Gasteiger partial charge in [0.25, 0.3) is 0 Å². The van der Waals surface area contributed by atoms with Crippen LogP contribution in [-0.4, -0.2) is 80.3 Å². The van der Waals surface area contributed by atoms with Crippen LogP contribution in [0.15, 0.2) is 30.3 Å². The third-order valence-corrected chi connectivity index (χ3v) is 5.58. The molecule has 0 amide bonds. The molecule has 0 saturated carbocycles. The van der Waals surface area contributed by atoms with E-state index in [1.165, 1.54) is 5.56 Å². The van der Waals surface area contributed by atoms with Crippen LogP contribution in [-0.2, 0) is 20.8 Å². The number of ether oxygens (including phenoxy) is 3. The van der Waals surface area contributed by atoms with Crippen LogP contribution < -0.4 is 21.3 Å². The fourth-order valence-corrected chi connectivity index (χ4v) is 3.72. The Morgan fingerprint density at radius 2 is 1.80 bits per heavy atom. The summed E-state index contributed by atoms with van der Waals surface area (Å²) in [7, 11) is 0. The largest absolute Gasteiger partial charge is 0.378 e. The lowest BCUT2D eigenvalue weighted by molar-refractivity contribution is 0.0547. The summed E-state index contributed by atoms with van der Waals surface area (Å²) in [5.41, 5.74) is 6.64. The fraction of sp³-hybridized carbons (Fsp3) is 0.640. The minimum absolute atomic E-state index is 0.196. The molecular weight excluding hydrogens is 446 g/mol. The molecule has 0 radical (unpaired) electrons. The third kappa shape index (κ3) is 10.3. The van der Waals surface area contributed by atoms with Crippen molar-refractivity contribution in [2.45, 2.75) is 45.3 Å². The summed E-state index contributed by atoms with van der Waals surface area (Å²) < 4.78 is 16.7. The summed E-state index contributed by atoms with van der Waals surface area (Å²) in [6.45, 7) is 8.54. The molecule has 0 spiro atoms. The molecule has 10 heteroatoms. The van der Waals surface area contributed by atoms with Gasteiger partial charge in [0.1, 0.15) is 0 Å². The van der Waals surface area contributed by atoms with Crippen LogP contribution in [0.4, 0.5) is 17.8 Å². The molecule has 1 saturated heterocycles. The summed E-state index contributed by atoms with van der Waals surface area (Å²) >= 11 is 0. The standard InChI is InChI=1S/C25H41N7O3/c1-2-3-13-32(20-21-8-5-4-6-9-21)25-30-23(27-12-16-34-18-17-33-15-11-26)29-24(31-25)28-19-22-10-7-14-35-22/h4-6,8-9,22H,2-3,7,10-20,26H2,1H3,(H2,27,28,29,30,31). The summed E-state index contributed by atoms with van der Waals surface area (Å²) in [5.74, 6) is 1.74. The van der Waals surface area contributed by atoms with Gasteiger partial charge in [-0.05, 0) is 24.8 Å². The Morgan fingerprint density at radius 3 is 2.51 bits per heavy atom. The number of aromatic nitrogens is 3. The molecule has 1 fully saturated rings. The van der Waals surface area contributed by atoms with Crippen LogP contribution in [0, 0.1) is 0 Å². The summed E-state index contributed by atoms with van der Waals surface area (Å²) in [5, 5.41) is 6.64. The number of unbranched alkanes of at least 4 members (excludes halogenated alkanes) is 1. The lowest BCUT2D eigenvalue weighted by Crippen LogP contribution is -2.28. The zero-order valence-corrected chi connectivity index (χ0v) is 21.0. The van der Waals surface area contributed by atoms with Crippen molar-refractivity contribution >= 4 is 17.8 Å². The molecule has 1 aromatic heterocycles. The van der Waals surface area contributed by atoms with E-state index in [-0.39, 0.29) is 6.10 Å². The quantitative estimate of drug-likeness (QED) is 0.271. The molecule has 1 unspecified atom stereocenters. The molecule has 194 valence electrons. The van der Waals surface area contributed by atoms with Crippen molar-refractivity contribution in [2.75, 3.05) is 74.7 Å². The van der Waals surface area contributed by atoms with Gasteiger partial charge in [0, 0.05) is 39.3 Å². The Labute approximate surface area is 209 Å². The summed E-state index contributed by atoms with van der Waals surface area (Å²) in [6.07, 6.45) is 4.50. The minimum Gasteiger partial charge on any atom is -0.378 e. The van der Waals surface area contributed by atoms with Crippen molar-refractivity contribution in [3.05, 3.63) is 35.9 Å². The van der Waals surface area contributed by atoms with Crippen LogP contribution in [0.1, 0.15) is 38.2 Å². The first kappa shape index (κ1) is 27.1. The maximum atomic E-state index is 5.75. The summed E-state index contributed by atoms with van der Waals surface area (Å²) in [6, 6.07) is 10.4. The smallest absolute Gasteiger partial charge is 0.232 e. The van der Waals surface area contributed by atoms with Gasteiger partial charge in [-0.3, -0.25) is 0 Å². The van der Waals surface area contributed by atoms with E-state index in [4.69, 9.17) is 29.9 Å². The lowest BCUT2D eigenvalue weighted by Gasteiger charge is -2.24. The number of nitrogens with zero attached hydrogens (tertiary/aromatic N) is 4. The van der Waals surface area contributed by atoms with Crippen LogP contribution in [0.25, 0.3) is 0 Å². The lowest BCUT2D eigenvalue weighted by atomic mass is 10.2. The number of hydrogen-bond acceptors (Lipinski definition) is 10. The second-order valence-corrected chi connectivity index (χ2v) is 8.50. The second kappa shape index (κ2) is 16.2. The first-order valence-corrected chi connectivity index (χ1v) is 12.8. The number of rotatable bonds is 18. The maximum Gasteiger partial charge on any atom is 0.232 e. The Kier molecular flexibility index (Phi) is 12.5. The third-order valence-electron chi connectivity index (χ3n) is 5.58. The highest BCUT2D eigenvalue weighted by atomic mass is 16.5.